The molecule has 0 saturated heterocycles. The lowest BCUT2D eigenvalue weighted by molar-refractivity contribution is 0.161. The Morgan fingerprint density at radius 3 is 2.80 bits per heavy atom. The molecule has 1 atom stereocenters. The summed E-state index contributed by atoms with van der Waals surface area (Å²) in [4.78, 5) is 4.53. The molecular weight excluding hydrogens is 250 g/mol. The molecule has 104 valence electrons. The van der Waals surface area contributed by atoms with E-state index in [1.807, 2.05) is 43.3 Å². The number of hydrogen-bond acceptors (Lipinski definition) is 3. The SMILES string of the molecule is Cc1cc(Oc2ccccc2)c2c(n1)C(O)CCCC2. The number of rotatable bonds is 2. The van der Waals surface area contributed by atoms with Crippen LogP contribution in [0.5, 0.6) is 11.5 Å². The van der Waals surface area contributed by atoms with Gasteiger partial charge in [0.2, 0.25) is 0 Å². The minimum Gasteiger partial charge on any atom is -0.457 e. The van der Waals surface area contributed by atoms with Gasteiger partial charge in [-0.05, 0) is 38.3 Å². The first-order valence-electron chi connectivity index (χ1n) is 7.15. The molecule has 1 heterocycles. The van der Waals surface area contributed by atoms with Crippen molar-refractivity contribution in [3.63, 3.8) is 0 Å². The maximum absolute atomic E-state index is 10.2. The van der Waals surface area contributed by atoms with Crippen molar-refractivity contribution >= 4 is 0 Å². The van der Waals surface area contributed by atoms with E-state index in [4.69, 9.17) is 4.74 Å². The molecule has 3 rings (SSSR count). The number of benzene rings is 1. The molecule has 1 aliphatic carbocycles. The maximum atomic E-state index is 10.2. The number of pyridine rings is 1. The smallest absolute Gasteiger partial charge is 0.134 e. The van der Waals surface area contributed by atoms with Crippen LogP contribution < -0.4 is 4.74 Å². The number of aliphatic hydroxyl groups excluding tert-OH is 1. The molecule has 3 heteroatoms. The van der Waals surface area contributed by atoms with Gasteiger partial charge in [0.05, 0.1) is 11.8 Å². The molecule has 1 aromatic carbocycles. The van der Waals surface area contributed by atoms with Gasteiger partial charge < -0.3 is 9.84 Å². The van der Waals surface area contributed by atoms with Crippen LogP contribution in [0.1, 0.15) is 42.3 Å². The summed E-state index contributed by atoms with van der Waals surface area (Å²) in [5, 5.41) is 10.2. The molecule has 1 N–H and O–H groups in total. The van der Waals surface area contributed by atoms with Gasteiger partial charge in [0.25, 0.3) is 0 Å². The fraction of sp³-hybridized carbons (Fsp3) is 0.353. The highest BCUT2D eigenvalue weighted by atomic mass is 16.5. The number of para-hydroxylation sites is 1. The Kier molecular flexibility index (Phi) is 3.70. The van der Waals surface area contributed by atoms with Crippen LogP contribution in [0.15, 0.2) is 36.4 Å². The molecule has 3 nitrogen and oxygen atoms in total. The third-order valence-corrected chi connectivity index (χ3v) is 3.68. The van der Waals surface area contributed by atoms with E-state index >= 15 is 0 Å². The van der Waals surface area contributed by atoms with Crippen molar-refractivity contribution in [3.8, 4) is 11.5 Å². The van der Waals surface area contributed by atoms with Gasteiger partial charge in [-0.2, -0.15) is 0 Å². The largest absolute Gasteiger partial charge is 0.457 e. The Morgan fingerprint density at radius 2 is 2.00 bits per heavy atom. The van der Waals surface area contributed by atoms with Crippen LogP contribution in [-0.4, -0.2) is 10.1 Å². The van der Waals surface area contributed by atoms with E-state index in [1.165, 1.54) is 0 Å². The third kappa shape index (κ3) is 2.68. The minimum absolute atomic E-state index is 0.467. The van der Waals surface area contributed by atoms with Gasteiger partial charge in [0.1, 0.15) is 11.5 Å². The van der Waals surface area contributed by atoms with E-state index in [0.29, 0.717) is 0 Å². The molecular formula is C17H19NO2. The Labute approximate surface area is 119 Å². The summed E-state index contributed by atoms with van der Waals surface area (Å²) < 4.78 is 6.01. The number of aliphatic hydroxyl groups is 1. The van der Waals surface area contributed by atoms with Crippen LogP contribution in [0.25, 0.3) is 0 Å². The maximum Gasteiger partial charge on any atom is 0.134 e. The predicted octanol–water partition coefficient (Wildman–Crippen LogP) is 3.94. The van der Waals surface area contributed by atoms with Crippen LogP contribution in [-0.2, 0) is 6.42 Å². The topological polar surface area (TPSA) is 42.4 Å². The first-order chi connectivity index (χ1) is 9.74. The minimum atomic E-state index is -0.467. The zero-order chi connectivity index (χ0) is 13.9. The van der Waals surface area contributed by atoms with Crippen molar-refractivity contribution in [3.05, 3.63) is 53.3 Å². The van der Waals surface area contributed by atoms with Crippen molar-refractivity contribution in [1.29, 1.82) is 0 Å². The second-order valence-corrected chi connectivity index (χ2v) is 5.30. The van der Waals surface area contributed by atoms with E-state index < -0.39 is 6.10 Å². The van der Waals surface area contributed by atoms with Gasteiger partial charge in [-0.15, -0.1) is 0 Å². The number of fused-ring (bicyclic) bond motifs is 1. The number of hydrogen-bond donors (Lipinski definition) is 1. The van der Waals surface area contributed by atoms with Crippen LogP contribution in [0.3, 0.4) is 0 Å². The summed E-state index contributed by atoms with van der Waals surface area (Å²) in [6.07, 6.45) is 3.34. The highest BCUT2D eigenvalue weighted by molar-refractivity contribution is 5.42. The predicted molar refractivity (Wildman–Crippen MR) is 78.0 cm³/mol. The zero-order valence-electron chi connectivity index (χ0n) is 11.7. The van der Waals surface area contributed by atoms with Gasteiger partial charge in [0.15, 0.2) is 0 Å². The number of ether oxygens (including phenoxy) is 1. The van der Waals surface area contributed by atoms with Crippen molar-refractivity contribution in [2.45, 2.75) is 38.7 Å². The number of nitrogens with zero attached hydrogens (tertiary/aromatic N) is 1. The van der Waals surface area contributed by atoms with E-state index in [9.17, 15) is 5.11 Å². The van der Waals surface area contributed by atoms with Gasteiger partial charge >= 0.3 is 0 Å². The van der Waals surface area contributed by atoms with E-state index in [2.05, 4.69) is 4.98 Å². The summed E-state index contributed by atoms with van der Waals surface area (Å²) in [5.74, 6) is 1.65. The zero-order valence-corrected chi connectivity index (χ0v) is 11.7. The first kappa shape index (κ1) is 13.1. The van der Waals surface area contributed by atoms with Crippen LogP contribution in [0, 0.1) is 6.92 Å². The normalized spacial score (nSPS) is 18.2. The molecule has 0 spiro atoms. The second kappa shape index (κ2) is 5.63. The van der Waals surface area contributed by atoms with Gasteiger partial charge in [0, 0.05) is 17.3 Å². The summed E-state index contributed by atoms with van der Waals surface area (Å²) in [5.41, 5.74) is 2.74. The van der Waals surface area contributed by atoms with Crippen molar-refractivity contribution in [2.75, 3.05) is 0 Å². The molecule has 0 radical (unpaired) electrons. The number of aromatic nitrogens is 1. The molecule has 1 aromatic heterocycles. The summed E-state index contributed by atoms with van der Waals surface area (Å²) in [6.45, 7) is 1.94. The highest BCUT2D eigenvalue weighted by Gasteiger charge is 2.22. The first-order valence-corrected chi connectivity index (χ1v) is 7.15. The van der Waals surface area contributed by atoms with Crippen LogP contribution in [0.2, 0.25) is 0 Å². The number of aryl methyl sites for hydroxylation is 1. The molecule has 1 aliphatic rings. The molecule has 0 bridgehead atoms. The molecule has 0 saturated carbocycles. The van der Waals surface area contributed by atoms with Gasteiger partial charge in [-0.25, -0.2) is 0 Å². The summed E-state index contributed by atoms with van der Waals surface area (Å²) >= 11 is 0. The fourth-order valence-electron chi connectivity index (χ4n) is 2.70. The molecule has 20 heavy (non-hydrogen) atoms. The van der Waals surface area contributed by atoms with Crippen molar-refractivity contribution in [1.82, 2.24) is 4.98 Å². The molecule has 2 aromatic rings. The van der Waals surface area contributed by atoms with Crippen LogP contribution in [0.4, 0.5) is 0 Å². The lowest BCUT2D eigenvalue weighted by atomic mass is 10.1. The Hall–Kier alpha value is -1.87. The molecule has 0 amide bonds. The van der Waals surface area contributed by atoms with Crippen molar-refractivity contribution in [2.24, 2.45) is 0 Å². The fourth-order valence-corrected chi connectivity index (χ4v) is 2.70. The van der Waals surface area contributed by atoms with E-state index in [1.54, 1.807) is 0 Å². The lowest BCUT2D eigenvalue weighted by Crippen LogP contribution is -2.05. The average molecular weight is 269 g/mol. The van der Waals surface area contributed by atoms with Gasteiger partial charge in [-0.1, -0.05) is 24.6 Å². The second-order valence-electron chi connectivity index (χ2n) is 5.30. The molecule has 0 fully saturated rings. The van der Waals surface area contributed by atoms with Gasteiger partial charge in [-0.3, -0.25) is 4.98 Å². The molecule has 0 aliphatic heterocycles. The quantitative estimate of drug-likeness (QED) is 0.840. The monoisotopic (exact) mass is 269 g/mol. The third-order valence-electron chi connectivity index (χ3n) is 3.68. The molecule has 1 unspecified atom stereocenters. The lowest BCUT2D eigenvalue weighted by Gasteiger charge is -2.16. The average Bonchev–Trinajstić information content (AvgIpc) is 2.63. The Morgan fingerprint density at radius 1 is 1.20 bits per heavy atom. The van der Waals surface area contributed by atoms with E-state index in [0.717, 1.165) is 54.1 Å². The summed E-state index contributed by atoms with van der Waals surface area (Å²) in [7, 11) is 0. The van der Waals surface area contributed by atoms with E-state index in [-0.39, 0.29) is 0 Å². The standard InChI is InChI=1S/C17H19NO2/c1-12-11-16(20-13-7-3-2-4-8-13)14-9-5-6-10-15(19)17(14)18-12/h2-4,7-8,11,15,19H,5-6,9-10H2,1H3. The summed E-state index contributed by atoms with van der Waals surface area (Å²) in [6, 6.07) is 11.7. The van der Waals surface area contributed by atoms with Crippen molar-refractivity contribution < 1.29 is 9.84 Å². The van der Waals surface area contributed by atoms with Crippen LogP contribution >= 0.6 is 0 Å². The Balaban J connectivity index is 2.02. The highest BCUT2D eigenvalue weighted by Crippen LogP contribution is 2.35. The Bertz CT molecular complexity index is 595.